The fraction of sp³-hybridized carbons (Fsp3) is 0.368. The van der Waals surface area contributed by atoms with Gasteiger partial charge in [0, 0.05) is 16.1 Å². The quantitative estimate of drug-likeness (QED) is 0.691. The molecule has 0 unspecified atom stereocenters. The van der Waals surface area contributed by atoms with E-state index in [0.29, 0.717) is 6.42 Å². The maximum atomic E-state index is 9.27. The van der Waals surface area contributed by atoms with E-state index in [1.54, 1.807) is 11.3 Å². The van der Waals surface area contributed by atoms with Crippen LogP contribution in [-0.2, 0) is 19.3 Å². The van der Waals surface area contributed by atoms with Gasteiger partial charge in [0.1, 0.15) is 0 Å². The van der Waals surface area contributed by atoms with Gasteiger partial charge in [-0.25, -0.2) is 4.98 Å². The number of aromatic nitrogens is 2. The summed E-state index contributed by atoms with van der Waals surface area (Å²) in [6, 6.07) is 9.05. The minimum absolute atomic E-state index is 0.393. The van der Waals surface area contributed by atoms with Crippen molar-refractivity contribution in [1.82, 2.24) is 9.38 Å². The van der Waals surface area contributed by atoms with Gasteiger partial charge >= 0.3 is 0 Å². The smallest absolute Gasteiger partial charge is 0.194 e. The molecule has 1 aromatic carbocycles. The van der Waals surface area contributed by atoms with E-state index in [2.05, 4.69) is 42.5 Å². The maximum Gasteiger partial charge on any atom is 0.194 e. The highest BCUT2D eigenvalue weighted by Crippen LogP contribution is 2.33. The molecule has 0 N–H and O–H groups in total. The number of thiazole rings is 1. The number of hydrogen-bond donors (Lipinski definition) is 0. The highest BCUT2D eigenvalue weighted by Gasteiger charge is 2.19. The monoisotopic (exact) mass is 321 g/mol. The molecule has 0 saturated heterocycles. The number of fused-ring (bicyclic) bond motifs is 2. The van der Waals surface area contributed by atoms with E-state index in [-0.39, 0.29) is 0 Å². The van der Waals surface area contributed by atoms with Crippen molar-refractivity contribution in [2.45, 2.75) is 46.0 Å². The van der Waals surface area contributed by atoms with Gasteiger partial charge in [-0.2, -0.15) is 5.26 Å². The van der Waals surface area contributed by atoms with Crippen LogP contribution in [0.2, 0.25) is 0 Å². The average molecular weight is 321 g/mol. The summed E-state index contributed by atoms with van der Waals surface area (Å²) in [7, 11) is 0. The first kappa shape index (κ1) is 14.5. The van der Waals surface area contributed by atoms with Crippen molar-refractivity contribution in [1.29, 1.82) is 5.26 Å². The van der Waals surface area contributed by atoms with Crippen LogP contribution in [0.25, 0.3) is 16.2 Å². The fourth-order valence-electron chi connectivity index (χ4n) is 3.56. The Balaban J connectivity index is 1.91. The lowest BCUT2D eigenvalue weighted by molar-refractivity contribution is 0.686. The van der Waals surface area contributed by atoms with E-state index in [1.807, 2.05) is 0 Å². The second-order valence-corrected chi connectivity index (χ2v) is 7.48. The highest BCUT2D eigenvalue weighted by molar-refractivity contribution is 7.17. The van der Waals surface area contributed by atoms with E-state index in [9.17, 15) is 5.26 Å². The maximum absolute atomic E-state index is 9.27. The summed E-state index contributed by atoms with van der Waals surface area (Å²) >= 11 is 1.71. The lowest BCUT2D eigenvalue weighted by atomic mass is 9.89. The molecule has 0 amide bonds. The first-order valence-corrected chi connectivity index (χ1v) is 8.97. The van der Waals surface area contributed by atoms with Gasteiger partial charge in [-0.15, -0.1) is 11.3 Å². The van der Waals surface area contributed by atoms with Crippen LogP contribution in [0.4, 0.5) is 0 Å². The number of nitriles is 1. The summed E-state index contributed by atoms with van der Waals surface area (Å²) in [5.41, 5.74) is 7.31. The standard InChI is InChI=1S/C19H19N3S/c1-12-13(2)23-19-21-18(17(9-10-20)22(12)19)16-8-7-14-5-3-4-6-15(14)11-16/h7-8,11H,3-6,9H2,1-2H3. The minimum atomic E-state index is 0.393. The molecule has 0 fully saturated rings. The van der Waals surface area contributed by atoms with Crippen molar-refractivity contribution >= 4 is 16.3 Å². The van der Waals surface area contributed by atoms with Crippen molar-refractivity contribution in [3.63, 3.8) is 0 Å². The molecule has 0 bridgehead atoms. The Morgan fingerprint density at radius 1 is 1.22 bits per heavy atom. The third kappa shape index (κ3) is 2.27. The molecule has 1 aliphatic carbocycles. The summed E-state index contributed by atoms with van der Waals surface area (Å²) in [6.07, 6.45) is 5.32. The van der Waals surface area contributed by atoms with Crippen LogP contribution < -0.4 is 0 Å². The Morgan fingerprint density at radius 3 is 2.78 bits per heavy atom. The highest BCUT2D eigenvalue weighted by atomic mass is 32.1. The van der Waals surface area contributed by atoms with Crippen LogP contribution in [0.1, 0.15) is 40.2 Å². The number of benzene rings is 1. The van der Waals surface area contributed by atoms with Gasteiger partial charge in [0.15, 0.2) is 4.96 Å². The van der Waals surface area contributed by atoms with Gasteiger partial charge in [0.05, 0.1) is 23.9 Å². The van der Waals surface area contributed by atoms with Crippen LogP contribution in [0.3, 0.4) is 0 Å². The molecular weight excluding hydrogens is 302 g/mol. The zero-order valence-corrected chi connectivity index (χ0v) is 14.3. The third-order valence-electron chi connectivity index (χ3n) is 4.90. The van der Waals surface area contributed by atoms with Gasteiger partial charge in [-0.05, 0) is 56.7 Å². The normalized spacial score (nSPS) is 14.0. The molecule has 116 valence electrons. The molecule has 4 rings (SSSR count). The first-order valence-electron chi connectivity index (χ1n) is 8.15. The summed E-state index contributed by atoms with van der Waals surface area (Å²) in [6.45, 7) is 4.22. The minimum Gasteiger partial charge on any atom is -0.290 e. The summed E-state index contributed by atoms with van der Waals surface area (Å²) in [5, 5.41) is 9.27. The third-order valence-corrected chi connectivity index (χ3v) is 5.96. The molecule has 4 heteroatoms. The van der Waals surface area contributed by atoms with Crippen molar-refractivity contribution < 1.29 is 0 Å². The molecular formula is C19H19N3S. The molecule has 2 heterocycles. The van der Waals surface area contributed by atoms with Gasteiger partial charge in [0.25, 0.3) is 0 Å². The van der Waals surface area contributed by atoms with E-state index >= 15 is 0 Å². The number of rotatable bonds is 2. The molecule has 0 saturated carbocycles. The van der Waals surface area contributed by atoms with Crippen LogP contribution in [0.5, 0.6) is 0 Å². The summed E-state index contributed by atoms with van der Waals surface area (Å²) < 4.78 is 2.16. The Labute approximate surface area is 140 Å². The van der Waals surface area contributed by atoms with E-state index in [0.717, 1.165) is 28.3 Å². The molecule has 3 aromatic rings. The van der Waals surface area contributed by atoms with Gasteiger partial charge in [-0.1, -0.05) is 12.1 Å². The largest absolute Gasteiger partial charge is 0.290 e. The molecule has 3 nitrogen and oxygen atoms in total. The van der Waals surface area contributed by atoms with Crippen molar-refractivity contribution in [3.05, 3.63) is 45.6 Å². The van der Waals surface area contributed by atoms with Crippen molar-refractivity contribution in [2.24, 2.45) is 0 Å². The van der Waals surface area contributed by atoms with Crippen molar-refractivity contribution in [2.75, 3.05) is 0 Å². The molecule has 0 spiro atoms. The molecule has 0 aliphatic heterocycles. The van der Waals surface area contributed by atoms with Gasteiger partial charge in [-0.3, -0.25) is 4.40 Å². The number of nitrogens with zero attached hydrogens (tertiary/aromatic N) is 3. The number of hydrogen-bond acceptors (Lipinski definition) is 3. The van der Waals surface area contributed by atoms with E-state index < -0.39 is 0 Å². The Hall–Kier alpha value is -2.12. The Bertz CT molecular complexity index is 940. The predicted octanol–water partition coefficient (Wildman–Crippen LogP) is 4.62. The van der Waals surface area contributed by atoms with E-state index in [4.69, 9.17) is 4.98 Å². The number of imidazole rings is 1. The van der Waals surface area contributed by atoms with Crippen LogP contribution >= 0.6 is 11.3 Å². The van der Waals surface area contributed by atoms with Crippen LogP contribution in [0, 0.1) is 25.2 Å². The molecule has 0 radical (unpaired) electrons. The lowest BCUT2D eigenvalue weighted by Crippen LogP contribution is -2.03. The summed E-state index contributed by atoms with van der Waals surface area (Å²) in [4.78, 5) is 7.13. The Kier molecular flexibility index (Phi) is 3.46. The number of aryl methyl sites for hydroxylation is 4. The SMILES string of the molecule is Cc1sc2nc(-c3ccc4c(c3)CCCC4)c(CC#N)n2c1C. The fourth-order valence-corrected chi connectivity index (χ4v) is 4.55. The summed E-state index contributed by atoms with van der Waals surface area (Å²) in [5.74, 6) is 0. The second kappa shape index (κ2) is 5.50. The zero-order valence-electron chi connectivity index (χ0n) is 13.5. The van der Waals surface area contributed by atoms with Crippen LogP contribution in [-0.4, -0.2) is 9.38 Å². The van der Waals surface area contributed by atoms with Crippen LogP contribution in [0.15, 0.2) is 18.2 Å². The average Bonchev–Trinajstić information content (AvgIpc) is 3.05. The van der Waals surface area contributed by atoms with Gasteiger partial charge in [0.2, 0.25) is 0 Å². The Morgan fingerprint density at radius 2 is 2.00 bits per heavy atom. The van der Waals surface area contributed by atoms with Gasteiger partial charge < -0.3 is 0 Å². The molecule has 23 heavy (non-hydrogen) atoms. The lowest BCUT2D eigenvalue weighted by Gasteiger charge is -2.16. The molecule has 2 aromatic heterocycles. The zero-order chi connectivity index (χ0) is 16.0. The van der Waals surface area contributed by atoms with E-state index in [1.165, 1.54) is 41.0 Å². The first-order chi connectivity index (χ1) is 11.2. The van der Waals surface area contributed by atoms with Crippen molar-refractivity contribution in [3.8, 4) is 17.3 Å². The molecule has 0 atom stereocenters. The topological polar surface area (TPSA) is 41.1 Å². The second-order valence-electron chi connectivity index (χ2n) is 6.29. The molecule has 1 aliphatic rings. The predicted molar refractivity (Wildman–Crippen MR) is 93.9 cm³/mol.